The van der Waals surface area contributed by atoms with Crippen molar-refractivity contribution in [1.82, 2.24) is 35.2 Å². The number of likely N-dealkylation sites (N-methyl/N-ethyl adjacent to an activating group) is 1. The summed E-state index contributed by atoms with van der Waals surface area (Å²) in [5.74, 6) is -0.616. The van der Waals surface area contributed by atoms with E-state index in [9.17, 15) is 24.6 Å². The highest BCUT2D eigenvalue weighted by Gasteiger charge is 2.43. The number of ether oxygens (including phenoxy) is 2. The average molecular weight is 1080 g/mol. The van der Waals surface area contributed by atoms with Crippen molar-refractivity contribution in [1.29, 1.82) is 0 Å². The van der Waals surface area contributed by atoms with Gasteiger partial charge in [0.25, 0.3) is 0 Å². The number of aliphatic hydroxyl groups excluding tert-OH is 1. The molecular formula is C56H63ClFN9O8S. The second kappa shape index (κ2) is 24.0. The molecule has 17 nitrogen and oxygen atoms in total. The molecule has 9 rings (SSSR count). The van der Waals surface area contributed by atoms with Gasteiger partial charge in [0.2, 0.25) is 23.7 Å². The van der Waals surface area contributed by atoms with Gasteiger partial charge in [0.05, 0.1) is 46.1 Å². The molecular weight excluding hydrogens is 1010 g/mol. The van der Waals surface area contributed by atoms with Crippen molar-refractivity contribution in [3.63, 3.8) is 0 Å². The Hall–Kier alpha value is -6.93. The quantitative estimate of drug-likeness (QED) is 0.0526. The molecule has 0 aliphatic carbocycles. The van der Waals surface area contributed by atoms with Gasteiger partial charge >= 0.3 is 0 Å². The summed E-state index contributed by atoms with van der Waals surface area (Å²) in [6.07, 6.45) is 2.35. The van der Waals surface area contributed by atoms with Gasteiger partial charge in [-0.3, -0.25) is 14.4 Å². The first-order valence-corrected chi connectivity index (χ1v) is 27.0. The predicted molar refractivity (Wildman–Crippen MR) is 291 cm³/mol. The van der Waals surface area contributed by atoms with Crippen LogP contribution < -0.4 is 20.3 Å². The zero-order valence-electron chi connectivity index (χ0n) is 43.3. The summed E-state index contributed by atoms with van der Waals surface area (Å²) in [4.78, 5) is 61.1. The molecule has 7 aromatic rings. The Morgan fingerprint density at radius 1 is 1.00 bits per heavy atom. The van der Waals surface area contributed by atoms with Crippen LogP contribution in [0.5, 0.6) is 11.5 Å². The van der Waals surface area contributed by atoms with E-state index in [1.807, 2.05) is 63.2 Å². The number of fused-ring (bicyclic) bond motifs is 2. The van der Waals surface area contributed by atoms with Gasteiger partial charge in [0.15, 0.2) is 5.82 Å². The number of likely N-dealkylation sites (tertiary alicyclic amines) is 1. The van der Waals surface area contributed by atoms with Crippen molar-refractivity contribution >= 4 is 74.1 Å². The lowest BCUT2D eigenvalue weighted by Gasteiger charge is -2.29. The number of hydrogen-bond donors (Lipinski definition) is 4. The third kappa shape index (κ3) is 12.0. The van der Waals surface area contributed by atoms with Gasteiger partial charge in [-0.25, -0.2) is 14.4 Å². The van der Waals surface area contributed by atoms with E-state index in [1.165, 1.54) is 22.3 Å². The number of phenolic OH excluding ortho intramolecular Hbond substituents is 1. The topological polar surface area (TPSA) is 209 Å². The number of β-amino-alcohol motifs (C(OH)–C–C–N with tert-alkyl or cyclic N) is 1. The van der Waals surface area contributed by atoms with Crippen molar-refractivity contribution < 1.29 is 43.0 Å². The average Bonchev–Trinajstić information content (AvgIpc) is 4.18. The molecule has 0 bridgehead atoms. The normalized spacial score (nSPS) is 16.2. The van der Waals surface area contributed by atoms with E-state index < -0.39 is 29.8 Å². The first-order valence-electron chi connectivity index (χ1n) is 25.7. The van der Waals surface area contributed by atoms with Crippen LogP contribution in [0.2, 0.25) is 5.02 Å². The first kappa shape index (κ1) is 53.9. The van der Waals surface area contributed by atoms with E-state index in [0.29, 0.717) is 46.1 Å². The molecule has 5 heterocycles. The molecule has 2 fully saturated rings. The van der Waals surface area contributed by atoms with E-state index >= 15 is 4.39 Å². The van der Waals surface area contributed by atoms with Crippen molar-refractivity contribution in [2.75, 3.05) is 69.8 Å². The van der Waals surface area contributed by atoms with Crippen LogP contribution in [0, 0.1) is 25.6 Å². The standard InChI is InChI=1S/C56H63ClFN9O8S/c1-32(2)48(46-23-33(3)64-75-46)55(72)67-30-39(69)27-44(67)54(71)60-29-37-14-13-36(52-34(4)61-31-76-52)25-45(37)74-22-21-73-20-19-65(5)47(70)15-16-59-56-62-51-42(53(63-56)66-17-9-6-10-18-66)28-43(57)49(50(51)58)41-26-38(68)24-35-11-7-8-12-40(35)41/h7-8,11-14,23-26,28,31-32,39,44,48,68-69H,6,9-10,15-22,27,29-30H2,1-5H3,(H,60,71)(H,59,62,63)/t39-,44+,48-/m1/s1. The van der Waals surface area contributed by atoms with E-state index in [1.54, 1.807) is 42.6 Å². The number of piperidine rings is 1. The Labute approximate surface area is 449 Å². The second-order valence-electron chi connectivity index (χ2n) is 19.8. The summed E-state index contributed by atoms with van der Waals surface area (Å²) in [6, 6.07) is 18.8. The molecule has 0 radical (unpaired) electrons. The van der Waals surface area contributed by atoms with Crippen LogP contribution >= 0.6 is 22.9 Å². The summed E-state index contributed by atoms with van der Waals surface area (Å²) in [6.45, 7) is 10.3. The summed E-state index contributed by atoms with van der Waals surface area (Å²) >= 11 is 8.40. The smallest absolute Gasteiger partial charge is 0.243 e. The number of hydrogen-bond acceptors (Lipinski definition) is 15. The molecule has 3 atom stereocenters. The van der Waals surface area contributed by atoms with E-state index in [2.05, 4.69) is 30.7 Å². The minimum Gasteiger partial charge on any atom is -0.508 e. The molecule has 0 spiro atoms. The fourth-order valence-electron chi connectivity index (χ4n) is 10.1. The number of nitrogens with one attached hydrogen (secondary N) is 2. The van der Waals surface area contributed by atoms with Crippen LogP contribution in [0.15, 0.2) is 76.8 Å². The third-order valence-corrected chi connectivity index (χ3v) is 15.3. The molecule has 4 N–H and O–H groups in total. The maximum Gasteiger partial charge on any atom is 0.243 e. The SMILES string of the molecule is Cc1cc([C@H](C(=O)N2C[C@H](O)C[C@H]2C(=O)NCc2ccc(-c3scnc3C)cc2OCCOCCN(C)C(=O)CCNc2nc(N3CCCCC3)c3cc(Cl)c(-c4cc(O)cc5ccccc45)c(F)c3n2)C(C)C)on1. The second-order valence-corrected chi connectivity index (χ2v) is 21.1. The van der Waals surface area contributed by atoms with Gasteiger partial charge in [-0.1, -0.05) is 67.0 Å². The van der Waals surface area contributed by atoms with Crippen molar-refractivity contribution in [2.45, 2.75) is 84.4 Å². The Kier molecular flexibility index (Phi) is 17.0. The van der Waals surface area contributed by atoms with Crippen molar-refractivity contribution in [2.24, 2.45) is 5.92 Å². The fourth-order valence-corrected chi connectivity index (χ4v) is 11.2. The van der Waals surface area contributed by atoms with E-state index in [0.717, 1.165) is 59.3 Å². The van der Waals surface area contributed by atoms with Crippen LogP contribution in [-0.2, 0) is 25.7 Å². The molecule has 3 amide bonds. The minimum absolute atomic E-state index is 0.0165. The third-order valence-electron chi connectivity index (χ3n) is 14.0. The molecule has 2 aliphatic heterocycles. The number of nitrogens with zero attached hydrogens (tertiary/aromatic N) is 7. The number of anilines is 2. The monoisotopic (exact) mass is 1080 g/mol. The number of phenols is 1. The van der Waals surface area contributed by atoms with Gasteiger partial charge in [-0.05, 0) is 85.2 Å². The zero-order chi connectivity index (χ0) is 53.6. The number of aromatic nitrogens is 4. The molecule has 2 saturated heterocycles. The number of aryl methyl sites for hydroxylation is 2. The molecule has 20 heteroatoms. The van der Waals surface area contributed by atoms with Crippen LogP contribution in [-0.4, -0.2) is 130 Å². The van der Waals surface area contributed by atoms with Gasteiger partial charge in [-0.15, -0.1) is 11.3 Å². The fraction of sp³-hybridized carbons (Fsp3) is 0.411. The van der Waals surface area contributed by atoms with Crippen molar-refractivity contribution in [3.8, 4) is 33.1 Å². The molecule has 3 aromatic heterocycles. The summed E-state index contributed by atoms with van der Waals surface area (Å²) < 4.78 is 34.6. The first-order chi connectivity index (χ1) is 36.6. The Balaban J connectivity index is 0.799. The van der Waals surface area contributed by atoms with Gasteiger partial charge in [0, 0.05) is 81.7 Å². The number of rotatable bonds is 20. The van der Waals surface area contributed by atoms with Crippen molar-refractivity contribution in [3.05, 3.63) is 106 Å². The number of benzene rings is 4. The zero-order valence-corrected chi connectivity index (χ0v) is 44.8. The number of carbonyl (C=O) groups is 3. The maximum atomic E-state index is 16.9. The van der Waals surface area contributed by atoms with Crippen LogP contribution in [0.3, 0.4) is 0 Å². The molecule has 0 saturated carbocycles. The molecule has 0 unspecified atom stereocenters. The van der Waals surface area contributed by atoms with E-state index in [-0.39, 0.29) is 97.8 Å². The van der Waals surface area contributed by atoms with Crippen LogP contribution in [0.25, 0.3) is 43.2 Å². The highest BCUT2D eigenvalue weighted by atomic mass is 35.5. The summed E-state index contributed by atoms with van der Waals surface area (Å²) in [5, 5.41) is 33.5. The summed E-state index contributed by atoms with van der Waals surface area (Å²) in [5.41, 5.74) is 5.56. The number of amides is 3. The van der Waals surface area contributed by atoms with Gasteiger partial charge < -0.3 is 49.5 Å². The Morgan fingerprint density at radius 3 is 2.55 bits per heavy atom. The van der Waals surface area contributed by atoms with Crippen LogP contribution in [0.4, 0.5) is 16.2 Å². The summed E-state index contributed by atoms with van der Waals surface area (Å²) in [7, 11) is 1.70. The molecule has 4 aromatic carbocycles. The van der Waals surface area contributed by atoms with Gasteiger partial charge in [0.1, 0.15) is 47.2 Å². The molecule has 2 aliphatic rings. The number of carbonyl (C=O) groups excluding carboxylic acids is 3. The molecule has 76 heavy (non-hydrogen) atoms. The Morgan fingerprint density at radius 2 is 1.80 bits per heavy atom. The van der Waals surface area contributed by atoms with E-state index in [4.69, 9.17) is 30.6 Å². The lowest BCUT2D eigenvalue weighted by Crippen LogP contribution is -2.48. The predicted octanol–water partition coefficient (Wildman–Crippen LogP) is 9.04. The maximum absolute atomic E-state index is 16.9. The highest BCUT2D eigenvalue weighted by molar-refractivity contribution is 7.13. The molecule has 400 valence electrons. The lowest BCUT2D eigenvalue weighted by molar-refractivity contribution is -0.141. The van der Waals surface area contributed by atoms with Crippen LogP contribution in [0.1, 0.15) is 74.6 Å². The lowest BCUT2D eigenvalue weighted by atomic mass is 9.91. The van der Waals surface area contributed by atoms with Gasteiger partial charge in [-0.2, -0.15) is 4.98 Å². The number of aromatic hydroxyl groups is 1. The highest BCUT2D eigenvalue weighted by Crippen LogP contribution is 2.43. The minimum atomic E-state index is -0.886. The number of thiazole rings is 1. The number of halogens is 2. The Bertz CT molecular complexity index is 3240. The number of aliphatic hydroxyl groups is 1. The largest absolute Gasteiger partial charge is 0.508 e.